The summed E-state index contributed by atoms with van der Waals surface area (Å²) in [7, 11) is 0. The van der Waals surface area contributed by atoms with Gasteiger partial charge in [-0.05, 0) is 42.7 Å². The molecule has 0 saturated heterocycles. The molecule has 0 bridgehead atoms. The van der Waals surface area contributed by atoms with Crippen LogP contribution in [-0.4, -0.2) is 16.1 Å². The van der Waals surface area contributed by atoms with Crippen molar-refractivity contribution in [2.45, 2.75) is 25.4 Å². The molecule has 0 spiro atoms. The topological polar surface area (TPSA) is 64.1 Å². The highest BCUT2D eigenvalue weighted by Crippen LogP contribution is 2.42. The first-order chi connectivity index (χ1) is 12.7. The van der Waals surface area contributed by atoms with E-state index in [2.05, 4.69) is 31.4 Å². The summed E-state index contributed by atoms with van der Waals surface area (Å²) in [5.74, 6) is 0.823. The quantitative estimate of drug-likeness (QED) is 0.597. The first kappa shape index (κ1) is 17.2. The fourth-order valence-electron chi connectivity index (χ4n) is 2.51. The van der Waals surface area contributed by atoms with Gasteiger partial charge in [-0.25, -0.2) is 0 Å². The largest absolute Gasteiger partial charge is 0.488 e. The lowest BCUT2D eigenvalue weighted by molar-refractivity contribution is 0.102. The second-order valence-corrected chi connectivity index (χ2v) is 8.01. The van der Waals surface area contributed by atoms with Crippen LogP contribution in [0.2, 0.25) is 0 Å². The number of halogens is 1. The summed E-state index contributed by atoms with van der Waals surface area (Å²) in [6, 6.07) is 15.1. The Balaban J connectivity index is 1.46. The molecule has 1 aromatic heterocycles. The van der Waals surface area contributed by atoms with Crippen LogP contribution >= 0.6 is 27.3 Å². The average Bonchev–Trinajstić information content (AvgIpc) is 3.40. The minimum absolute atomic E-state index is 0.242. The van der Waals surface area contributed by atoms with Crippen LogP contribution in [0.5, 0.6) is 5.75 Å². The van der Waals surface area contributed by atoms with Gasteiger partial charge in [0.05, 0.1) is 5.56 Å². The minimum atomic E-state index is -0.242. The predicted molar refractivity (Wildman–Crippen MR) is 105 cm³/mol. The van der Waals surface area contributed by atoms with Gasteiger partial charge in [0.25, 0.3) is 5.91 Å². The molecule has 0 atom stereocenters. The molecule has 1 fully saturated rings. The molecule has 1 aliphatic carbocycles. The van der Waals surface area contributed by atoms with Gasteiger partial charge >= 0.3 is 0 Å². The van der Waals surface area contributed by atoms with Crippen molar-refractivity contribution in [2.24, 2.45) is 0 Å². The van der Waals surface area contributed by atoms with E-state index < -0.39 is 0 Å². The number of anilines is 1. The van der Waals surface area contributed by atoms with Gasteiger partial charge in [0.2, 0.25) is 5.13 Å². The monoisotopic (exact) mass is 429 g/mol. The van der Waals surface area contributed by atoms with Gasteiger partial charge in [0, 0.05) is 10.4 Å². The fourth-order valence-corrected chi connectivity index (χ4v) is 3.87. The zero-order valence-corrected chi connectivity index (χ0v) is 16.2. The Bertz CT molecular complexity index is 940. The van der Waals surface area contributed by atoms with E-state index in [0.29, 0.717) is 29.0 Å². The third-order valence-corrected chi connectivity index (χ3v) is 5.50. The number of nitrogens with one attached hydrogen (secondary N) is 1. The van der Waals surface area contributed by atoms with Gasteiger partial charge in [-0.15, -0.1) is 10.2 Å². The Morgan fingerprint density at radius 3 is 2.85 bits per heavy atom. The lowest BCUT2D eigenvalue weighted by Gasteiger charge is -2.11. The molecular weight excluding hydrogens is 414 g/mol. The number of benzene rings is 2. The summed E-state index contributed by atoms with van der Waals surface area (Å²) in [5.41, 5.74) is 1.50. The molecule has 2 aromatic carbocycles. The molecule has 26 heavy (non-hydrogen) atoms. The maximum atomic E-state index is 12.6. The van der Waals surface area contributed by atoms with Crippen molar-refractivity contribution in [3.63, 3.8) is 0 Å². The van der Waals surface area contributed by atoms with E-state index in [1.807, 2.05) is 36.4 Å². The van der Waals surface area contributed by atoms with Crippen LogP contribution in [0.3, 0.4) is 0 Å². The van der Waals surface area contributed by atoms with E-state index in [-0.39, 0.29) is 5.91 Å². The first-order valence-electron chi connectivity index (χ1n) is 8.30. The average molecular weight is 430 g/mol. The van der Waals surface area contributed by atoms with E-state index in [1.165, 1.54) is 11.3 Å². The van der Waals surface area contributed by atoms with Crippen LogP contribution in [0.4, 0.5) is 5.13 Å². The van der Waals surface area contributed by atoms with E-state index in [0.717, 1.165) is 27.9 Å². The number of aromatic nitrogens is 2. The molecule has 1 amide bonds. The highest BCUT2D eigenvalue weighted by Gasteiger charge is 2.28. The molecule has 4 rings (SSSR count). The highest BCUT2D eigenvalue weighted by atomic mass is 79.9. The van der Waals surface area contributed by atoms with Crippen LogP contribution in [0.1, 0.15) is 39.7 Å². The van der Waals surface area contributed by atoms with Crippen LogP contribution < -0.4 is 10.1 Å². The van der Waals surface area contributed by atoms with E-state index in [1.54, 1.807) is 12.1 Å². The fraction of sp³-hybridized carbons (Fsp3) is 0.211. The van der Waals surface area contributed by atoms with Crippen molar-refractivity contribution < 1.29 is 9.53 Å². The molecule has 1 aliphatic rings. The molecule has 1 heterocycles. The molecule has 0 unspecified atom stereocenters. The summed E-state index contributed by atoms with van der Waals surface area (Å²) in [6.45, 7) is 0.383. The zero-order valence-electron chi connectivity index (χ0n) is 13.8. The number of nitrogens with zero attached hydrogens (tertiary/aromatic N) is 2. The lowest BCUT2D eigenvalue weighted by Crippen LogP contribution is -2.13. The van der Waals surface area contributed by atoms with Gasteiger partial charge in [-0.2, -0.15) is 0 Å². The molecule has 1 N–H and O–H groups in total. The van der Waals surface area contributed by atoms with Crippen LogP contribution in [0.25, 0.3) is 0 Å². The maximum absolute atomic E-state index is 12.6. The second-order valence-electron chi connectivity index (χ2n) is 6.09. The van der Waals surface area contributed by atoms with Crippen molar-refractivity contribution >= 4 is 38.3 Å². The third kappa shape index (κ3) is 4.11. The number of carbonyl (C=O) groups excluding carboxylic acids is 1. The molecule has 1 saturated carbocycles. The van der Waals surface area contributed by atoms with Crippen molar-refractivity contribution in [2.75, 3.05) is 5.32 Å². The number of amides is 1. The van der Waals surface area contributed by atoms with Crippen molar-refractivity contribution in [1.82, 2.24) is 10.2 Å². The molecule has 7 heteroatoms. The standard InChI is InChI=1S/C19H16BrN3O2S/c20-14-5-3-4-12(10-14)11-25-16-7-2-1-6-15(16)17(24)21-19-23-22-18(26-19)13-8-9-13/h1-7,10,13H,8-9,11H2,(H,21,23,24). The Morgan fingerprint density at radius 1 is 1.19 bits per heavy atom. The first-order valence-corrected chi connectivity index (χ1v) is 9.91. The van der Waals surface area contributed by atoms with E-state index in [9.17, 15) is 4.79 Å². The van der Waals surface area contributed by atoms with Gasteiger partial charge in [-0.3, -0.25) is 10.1 Å². The smallest absolute Gasteiger partial charge is 0.261 e. The molecule has 5 nitrogen and oxygen atoms in total. The van der Waals surface area contributed by atoms with Crippen LogP contribution in [0.15, 0.2) is 53.0 Å². The summed E-state index contributed by atoms with van der Waals surface area (Å²) < 4.78 is 6.87. The lowest BCUT2D eigenvalue weighted by atomic mass is 10.2. The van der Waals surface area contributed by atoms with Gasteiger partial charge in [0.1, 0.15) is 17.4 Å². The maximum Gasteiger partial charge on any atom is 0.261 e. The van der Waals surface area contributed by atoms with Gasteiger partial charge in [-0.1, -0.05) is 51.5 Å². The summed E-state index contributed by atoms with van der Waals surface area (Å²) >= 11 is 4.89. The molecule has 0 aliphatic heterocycles. The third-order valence-electron chi connectivity index (χ3n) is 4.00. The number of hydrogen-bond acceptors (Lipinski definition) is 5. The minimum Gasteiger partial charge on any atom is -0.488 e. The van der Waals surface area contributed by atoms with Crippen LogP contribution in [0, 0.1) is 0 Å². The Labute approximate surface area is 163 Å². The second kappa shape index (κ2) is 7.55. The van der Waals surface area contributed by atoms with E-state index >= 15 is 0 Å². The summed E-state index contributed by atoms with van der Waals surface area (Å²) in [6.07, 6.45) is 2.32. The van der Waals surface area contributed by atoms with Crippen molar-refractivity contribution in [3.8, 4) is 5.75 Å². The molecule has 132 valence electrons. The SMILES string of the molecule is O=C(Nc1nnc(C2CC2)s1)c1ccccc1OCc1cccc(Br)c1. The summed E-state index contributed by atoms with van der Waals surface area (Å²) in [4.78, 5) is 12.6. The normalized spacial score (nSPS) is 13.4. The number of hydrogen-bond donors (Lipinski definition) is 1. The molecule has 0 radical (unpaired) electrons. The predicted octanol–water partition coefficient (Wildman–Crippen LogP) is 5.01. The van der Waals surface area contributed by atoms with Crippen LogP contribution in [-0.2, 0) is 6.61 Å². The zero-order chi connectivity index (χ0) is 17.9. The van der Waals surface area contributed by atoms with E-state index in [4.69, 9.17) is 4.74 Å². The number of rotatable bonds is 6. The number of carbonyl (C=O) groups is 1. The Hall–Kier alpha value is -2.25. The summed E-state index contributed by atoms with van der Waals surface area (Å²) in [5, 5.41) is 12.6. The highest BCUT2D eigenvalue weighted by molar-refractivity contribution is 9.10. The number of ether oxygens (including phenoxy) is 1. The Kier molecular flexibility index (Phi) is 4.99. The van der Waals surface area contributed by atoms with Gasteiger partial charge < -0.3 is 4.74 Å². The van der Waals surface area contributed by atoms with Crippen molar-refractivity contribution in [1.29, 1.82) is 0 Å². The van der Waals surface area contributed by atoms with Gasteiger partial charge in [0.15, 0.2) is 0 Å². The van der Waals surface area contributed by atoms with Crippen molar-refractivity contribution in [3.05, 3.63) is 69.1 Å². The molecular formula is C19H16BrN3O2S. The Morgan fingerprint density at radius 2 is 2.04 bits per heavy atom. The molecule has 3 aromatic rings. The number of para-hydroxylation sites is 1.